The van der Waals surface area contributed by atoms with E-state index in [-0.39, 0.29) is 16.9 Å². The lowest BCUT2D eigenvalue weighted by Crippen LogP contribution is -2.75. The second-order valence-corrected chi connectivity index (χ2v) is 8.31. The van der Waals surface area contributed by atoms with Crippen molar-refractivity contribution in [2.24, 2.45) is 0 Å². The van der Waals surface area contributed by atoms with Gasteiger partial charge < -0.3 is 14.5 Å². The number of hydrogen-bond acceptors (Lipinski definition) is 5. The second kappa shape index (κ2) is 8.19. The van der Waals surface area contributed by atoms with Gasteiger partial charge in [0.2, 0.25) is 0 Å². The van der Waals surface area contributed by atoms with Crippen LogP contribution in [0.3, 0.4) is 0 Å². The van der Waals surface area contributed by atoms with Gasteiger partial charge in [-0.05, 0) is 55.5 Å². The Labute approximate surface area is 195 Å². The van der Waals surface area contributed by atoms with Crippen molar-refractivity contribution in [1.82, 2.24) is 5.32 Å². The maximum absolute atomic E-state index is 13.5. The summed E-state index contributed by atoms with van der Waals surface area (Å²) in [5, 5.41) is 3.28. The standard InChI is InChI=1S/C27H22N2O5/c1-27(28-25(31)17-8-4-3-5-9-17)24(21-16-34-22-11-7-6-10-20(22)23(21)30)29(26(27)32)18-12-14-19(33-2)15-13-18/h3-16,24H,1-2H3,(H,28,31). The van der Waals surface area contributed by atoms with Crippen molar-refractivity contribution >= 4 is 28.5 Å². The Morgan fingerprint density at radius 2 is 1.65 bits per heavy atom. The van der Waals surface area contributed by atoms with Crippen LogP contribution in [-0.2, 0) is 4.79 Å². The van der Waals surface area contributed by atoms with Gasteiger partial charge in [0, 0.05) is 11.3 Å². The van der Waals surface area contributed by atoms with Crippen LogP contribution in [0.1, 0.15) is 28.9 Å². The van der Waals surface area contributed by atoms with E-state index in [1.807, 2.05) is 6.07 Å². The van der Waals surface area contributed by atoms with Crippen LogP contribution in [0.25, 0.3) is 11.0 Å². The average molecular weight is 454 g/mol. The molecule has 2 unspecified atom stereocenters. The molecule has 170 valence electrons. The molecule has 7 nitrogen and oxygen atoms in total. The Morgan fingerprint density at radius 1 is 0.971 bits per heavy atom. The molecular formula is C27H22N2O5. The Hall–Kier alpha value is -4.39. The predicted molar refractivity (Wildman–Crippen MR) is 128 cm³/mol. The zero-order valence-electron chi connectivity index (χ0n) is 18.6. The number of para-hydroxylation sites is 1. The number of ether oxygens (including phenoxy) is 1. The number of benzene rings is 3. The van der Waals surface area contributed by atoms with Crippen LogP contribution >= 0.6 is 0 Å². The first-order valence-electron chi connectivity index (χ1n) is 10.8. The molecule has 4 aromatic rings. The van der Waals surface area contributed by atoms with Crippen molar-refractivity contribution in [1.29, 1.82) is 0 Å². The van der Waals surface area contributed by atoms with E-state index in [1.54, 1.807) is 86.8 Å². The Morgan fingerprint density at radius 3 is 2.35 bits per heavy atom. The summed E-state index contributed by atoms with van der Waals surface area (Å²) in [6.07, 6.45) is 1.38. The van der Waals surface area contributed by atoms with Crippen LogP contribution in [0.4, 0.5) is 5.69 Å². The van der Waals surface area contributed by atoms with Crippen LogP contribution in [0.15, 0.2) is 94.3 Å². The summed E-state index contributed by atoms with van der Waals surface area (Å²) in [7, 11) is 1.56. The van der Waals surface area contributed by atoms with E-state index in [0.29, 0.717) is 28.0 Å². The van der Waals surface area contributed by atoms with Gasteiger partial charge in [0.15, 0.2) is 5.43 Å². The highest BCUT2D eigenvalue weighted by atomic mass is 16.5. The highest BCUT2D eigenvalue weighted by Crippen LogP contribution is 2.46. The topological polar surface area (TPSA) is 88.8 Å². The van der Waals surface area contributed by atoms with Gasteiger partial charge in [-0.2, -0.15) is 0 Å². The molecular weight excluding hydrogens is 432 g/mol. The molecule has 0 spiro atoms. The van der Waals surface area contributed by atoms with E-state index in [9.17, 15) is 14.4 Å². The summed E-state index contributed by atoms with van der Waals surface area (Å²) in [4.78, 5) is 41.5. The van der Waals surface area contributed by atoms with Crippen molar-refractivity contribution < 1.29 is 18.7 Å². The van der Waals surface area contributed by atoms with E-state index in [1.165, 1.54) is 11.2 Å². The normalized spacial score (nSPS) is 19.5. The van der Waals surface area contributed by atoms with Crippen LogP contribution in [-0.4, -0.2) is 24.5 Å². The fourth-order valence-electron chi connectivity index (χ4n) is 4.44. The molecule has 0 saturated carbocycles. The molecule has 0 bridgehead atoms. The highest BCUT2D eigenvalue weighted by Gasteiger charge is 2.60. The van der Waals surface area contributed by atoms with Crippen LogP contribution in [0.5, 0.6) is 5.75 Å². The second-order valence-electron chi connectivity index (χ2n) is 8.31. The van der Waals surface area contributed by atoms with Gasteiger partial charge in [-0.25, -0.2) is 0 Å². The number of rotatable bonds is 5. The quantitative estimate of drug-likeness (QED) is 0.459. The molecule has 0 radical (unpaired) electrons. The van der Waals surface area contributed by atoms with Gasteiger partial charge >= 0.3 is 0 Å². The van der Waals surface area contributed by atoms with E-state index < -0.39 is 17.5 Å². The van der Waals surface area contributed by atoms with Gasteiger partial charge in [0.1, 0.15) is 29.2 Å². The number of nitrogens with one attached hydrogen (secondary N) is 1. The van der Waals surface area contributed by atoms with E-state index in [0.717, 1.165) is 0 Å². The minimum Gasteiger partial charge on any atom is -0.497 e. The first-order valence-corrected chi connectivity index (χ1v) is 10.8. The molecule has 1 aromatic heterocycles. The number of nitrogens with zero attached hydrogens (tertiary/aromatic N) is 1. The number of hydrogen-bond donors (Lipinski definition) is 1. The summed E-state index contributed by atoms with van der Waals surface area (Å²) < 4.78 is 11.0. The maximum Gasteiger partial charge on any atom is 0.255 e. The molecule has 2 amide bonds. The summed E-state index contributed by atoms with van der Waals surface area (Å²) in [5.74, 6) is -0.0980. The van der Waals surface area contributed by atoms with Crippen molar-refractivity contribution in [3.05, 3.63) is 106 Å². The molecule has 1 fully saturated rings. The van der Waals surface area contributed by atoms with Gasteiger partial charge in [-0.1, -0.05) is 30.3 Å². The molecule has 1 aliphatic heterocycles. The molecule has 2 atom stereocenters. The molecule has 5 rings (SSSR count). The fraction of sp³-hybridized carbons (Fsp3) is 0.148. The van der Waals surface area contributed by atoms with Crippen LogP contribution in [0.2, 0.25) is 0 Å². The number of fused-ring (bicyclic) bond motifs is 1. The van der Waals surface area contributed by atoms with Gasteiger partial charge in [0.25, 0.3) is 11.8 Å². The fourth-order valence-corrected chi connectivity index (χ4v) is 4.44. The van der Waals surface area contributed by atoms with Gasteiger partial charge in [-0.15, -0.1) is 0 Å². The minimum atomic E-state index is -1.36. The Balaban J connectivity index is 1.61. The first-order chi connectivity index (χ1) is 16.4. The number of anilines is 1. The number of methoxy groups -OCH3 is 1. The van der Waals surface area contributed by atoms with Crippen molar-refractivity contribution in [2.45, 2.75) is 18.5 Å². The van der Waals surface area contributed by atoms with E-state index in [2.05, 4.69) is 5.32 Å². The number of amides is 2. The third-order valence-electron chi connectivity index (χ3n) is 6.23. The molecule has 7 heteroatoms. The maximum atomic E-state index is 13.5. The lowest BCUT2D eigenvalue weighted by molar-refractivity contribution is -0.133. The van der Waals surface area contributed by atoms with Gasteiger partial charge in [0.05, 0.1) is 18.1 Å². The Kier molecular flexibility index (Phi) is 5.17. The monoisotopic (exact) mass is 454 g/mol. The van der Waals surface area contributed by atoms with E-state index in [4.69, 9.17) is 9.15 Å². The summed E-state index contributed by atoms with van der Waals surface area (Å²) >= 11 is 0. The highest BCUT2D eigenvalue weighted by molar-refractivity contribution is 6.12. The smallest absolute Gasteiger partial charge is 0.255 e. The largest absolute Gasteiger partial charge is 0.497 e. The zero-order valence-corrected chi connectivity index (χ0v) is 18.6. The number of carbonyl (C=O) groups excluding carboxylic acids is 2. The van der Waals surface area contributed by atoms with E-state index >= 15 is 0 Å². The van der Waals surface area contributed by atoms with Gasteiger partial charge in [-0.3, -0.25) is 19.3 Å². The van der Waals surface area contributed by atoms with Crippen molar-refractivity contribution in [3.8, 4) is 5.75 Å². The summed E-state index contributed by atoms with van der Waals surface area (Å²) in [5.41, 5.74) is 0.124. The molecule has 34 heavy (non-hydrogen) atoms. The lowest BCUT2D eigenvalue weighted by atomic mass is 9.75. The number of β-lactam (4-membered cyclic amide) rings is 1. The van der Waals surface area contributed by atoms with Crippen LogP contribution in [0, 0.1) is 0 Å². The first kappa shape index (κ1) is 21.5. The third kappa shape index (κ3) is 3.33. The van der Waals surface area contributed by atoms with Crippen LogP contribution < -0.4 is 20.4 Å². The molecule has 1 saturated heterocycles. The third-order valence-corrected chi connectivity index (χ3v) is 6.23. The predicted octanol–water partition coefficient (Wildman–Crippen LogP) is 4.08. The average Bonchev–Trinajstić information content (AvgIpc) is 2.88. The molecule has 2 heterocycles. The number of carbonyl (C=O) groups is 2. The minimum absolute atomic E-state index is 0.252. The Bertz CT molecular complexity index is 1450. The van der Waals surface area contributed by atoms with Crippen molar-refractivity contribution in [2.75, 3.05) is 12.0 Å². The molecule has 1 N–H and O–H groups in total. The molecule has 1 aliphatic rings. The SMILES string of the molecule is COc1ccc(N2C(=O)C(C)(NC(=O)c3ccccc3)C2c2coc3ccccc3c2=O)cc1. The zero-order chi connectivity index (χ0) is 23.9. The van der Waals surface area contributed by atoms with Crippen molar-refractivity contribution in [3.63, 3.8) is 0 Å². The molecule has 0 aliphatic carbocycles. The summed E-state index contributed by atoms with van der Waals surface area (Å²) in [6.45, 7) is 1.63. The lowest BCUT2D eigenvalue weighted by Gasteiger charge is -2.54. The molecule has 3 aromatic carbocycles. The summed E-state index contributed by atoms with van der Waals surface area (Å²) in [6, 6.07) is 21.8.